The number of carbonyl (C=O) groups is 1. The Hall–Kier alpha value is -4.82. The zero-order chi connectivity index (χ0) is 31.8. The van der Waals surface area contributed by atoms with Gasteiger partial charge in [0.05, 0.1) is 28.5 Å². The van der Waals surface area contributed by atoms with Gasteiger partial charge in [-0.1, -0.05) is 79.8 Å². The molecule has 0 spiro atoms. The van der Waals surface area contributed by atoms with E-state index in [-0.39, 0.29) is 18.0 Å². The third-order valence-electron chi connectivity index (χ3n) is 8.13. The van der Waals surface area contributed by atoms with Gasteiger partial charge < -0.3 is 9.30 Å². The molecule has 1 atom stereocenters. The van der Waals surface area contributed by atoms with E-state index in [1.165, 1.54) is 23.5 Å². The normalized spacial score (nSPS) is 14.9. The average Bonchev–Trinajstić information content (AvgIpc) is 3.50. The van der Waals surface area contributed by atoms with Gasteiger partial charge in [-0.15, -0.1) is 0 Å². The maximum Gasteiger partial charge on any atom is 0.338 e. The minimum absolute atomic E-state index is 0.192. The number of hydrogen-bond donors (Lipinski definition) is 0. The smallest absolute Gasteiger partial charge is 0.338 e. The third kappa shape index (κ3) is 5.62. The van der Waals surface area contributed by atoms with Gasteiger partial charge in [0.1, 0.15) is 5.82 Å². The maximum absolute atomic E-state index is 14.3. The SMILES string of the molecule is CCOC(=O)C1=C(c2ccccc2)N=c2s/c(=C\c3cc(C)n(-c4ccc(F)cc4)c3C)c(=O)n2[C@H]1c1ccc(C(C)C)cc1. The number of benzene rings is 3. The van der Waals surface area contributed by atoms with Crippen LogP contribution in [0.2, 0.25) is 0 Å². The van der Waals surface area contributed by atoms with Crippen molar-refractivity contribution in [2.45, 2.75) is 46.6 Å². The summed E-state index contributed by atoms with van der Waals surface area (Å²) >= 11 is 1.29. The van der Waals surface area contributed by atoms with Crippen molar-refractivity contribution < 1.29 is 13.9 Å². The fourth-order valence-corrected chi connectivity index (χ4v) is 6.87. The summed E-state index contributed by atoms with van der Waals surface area (Å²) in [5.41, 5.74) is 6.89. The van der Waals surface area contributed by atoms with Crippen LogP contribution in [0, 0.1) is 19.7 Å². The first-order chi connectivity index (χ1) is 21.7. The highest BCUT2D eigenvalue weighted by Crippen LogP contribution is 2.35. The van der Waals surface area contributed by atoms with Crippen LogP contribution in [0.4, 0.5) is 4.39 Å². The summed E-state index contributed by atoms with van der Waals surface area (Å²) < 4.78 is 23.4. The van der Waals surface area contributed by atoms with Crippen LogP contribution in [0.25, 0.3) is 17.5 Å². The number of halogens is 1. The first-order valence-electron chi connectivity index (χ1n) is 15.0. The van der Waals surface area contributed by atoms with E-state index in [9.17, 15) is 14.0 Å². The highest BCUT2D eigenvalue weighted by atomic mass is 32.1. The van der Waals surface area contributed by atoms with Crippen molar-refractivity contribution in [3.63, 3.8) is 0 Å². The summed E-state index contributed by atoms with van der Waals surface area (Å²) in [5, 5.41) is 0. The highest BCUT2D eigenvalue weighted by Gasteiger charge is 2.35. The largest absolute Gasteiger partial charge is 0.463 e. The lowest BCUT2D eigenvalue weighted by Gasteiger charge is -2.26. The molecule has 1 aliphatic rings. The van der Waals surface area contributed by atoms with Gasteiger partial charge in [-0.25, -0.2) is 14.2 Å². The van der Waals surface area contributed by atoms with Crippen molar-refractivity contribution in [1.82, 2.24) is 9.13 Å². The monoisotopic (exact) mass is 619 g/mol. The van der Waals surface area contributed by atoms with Gasteiger partial charge in [-0.2, -0.15) is 0 Å². The summed E-state index contributed by atoms with van der Waals surface area (Å²) in [7, 11) is 0. The van der Waals surface area contributed by atoms with Gasteiger partial charge in [0.15, 0.2) is 4.80 Å². The minimum atomic E-state index is -0.731. The van der Waals surface area contributed by atoms with E-state index in [4.69, 9.17) is 9.73 Å². The Kier molecular flexibility index (Phi) is 8.25. The first-order valence-corrected chi connectivity index (χ1v) is 15.8. The molecule has 2 aromatic heterocycles. The number of thiazole rings is 1. The summed E-state index contributed by atoms with van der Waals surface area (Å²) in [5.74, 6) is -0.474. The zero-order valence-corrected chi connectivity index (χ0v) is 26.7. The molecule has 8 heteroatoms. The topological polar surface area (TPSA) is 65.6 Å². The molecule has 0 saturated heterocycles. The van der Waals surface area contributed by atoms with E-state index in [0.717, 1.165) is 39.3 Å². The van der Waals surface area contributed by atoms with Crippen LogP contribution in [0.15, 0.2) is 100 Å². The first kappa shape index (κ1) is 30.2. The molecule has 0 radical (unpaired) electrons. The molecule has 228 valence electrons. The van der Waals surface area contributed by atoms with Gasteiger partial charge in [0.25, 0.3) is 5.56 Å². The van der Waals surface area contributed by atoms with Crippen LogP contribution in [-0.4, -0.2) is 21.7 Å². The lowest BCUT2D eigenvalue weighted by Crippen LogP contribution is -2.40. The number of esters is 1. The number of aryl methyl sites for hydroxylation is 1. The molecule has 0 fully saturated rings. The second-order valence-corrected chi connectivity index (χ2v) is 12.4. The van der Waals surface area contributed by atoms with Gasteiger partial charge in [-0.05, 0) is 79.8 Å². The molecule has 1 aliphatic heterocycles. The molecule has 3 aromatic carbocycles. The number of nitrogens with zero attached hydrogens (tertiary/aromatic N) is 3. The second kappa shape index (κ2) is 12.3. The standard InChI is InChI=1S/C37H34FN3O3S/c1-6-44-36(43)32-33(26-10-8-7-9-11-26)39-37-41(34(32)27-14-12-25(13-15-27)22(2)3)35(42)31(45-37)21-28-20-23(4)40(24(28)5)30-18-16-29(38)17-19-30/h7-22,34H,6H2,1-5H3/b31-21-/t34-/m0/s1. The van der Waals surface area contributed by atoms with Crippen LogP contribution in [-0.2, 0) is 9.53 Å². The Morgan fingerprint density at radius 1 is 1.02 bits per heavy atom. The summed E-state index contributed by atoms with van der Waals surface area (Å²) in [6.45, 7) is 10.2. The van der Waals surface area contributed by atoms with E-state index in [2.05, 4.69) is 13.8 Å². The number of hydrogen-bond acceptors (Lipinski definition) is 5. The van der Waals surface area contributed by atoms with Crippen LogP contribution in [0.3, 0.4) is 0 Å². The van der Waals surface area contributed by atoms with E-state index >= 15 is 0 Å². The van der Waals surface area contributed by atoms with E-state index < -0.39 is 12.0 Å². The van der Waals surface area contributed by atoms with E-state index in [0.29, 0.717) is 26.5 Å². The molecule has 0 bridgehead atoms. The molecule has 0 aliphatic carbocycles. The van der Waals surface area contributed by atoms with Crippen LogP contribution in [0.5, 0.6) is 0 Å². The number of aromatic nitrogens is 2. The van der Waals surface area contributed by atoms with Gasteiger partial charge in [-0.3, -0.25) is 9.36 Å². The Morgan fingerprint density at radius 3 is 2.36 bits per heavy atom. The Labute approximate surface area is 265 Å². The van der Waals surface area contributed by atoms with Crippen LogP contribution in [0.1, 0.15) is 66.4 Å². The van der Waals surface area contributed by atoms with Crippen molar-refractivity contribution in [2.75, 3.05) is 6.61 Å². The lowest BCUT2D eigenvalue weighted by molar-refractivity contribution is -0.138. The Bertz CT molecular complexity index is 2100. The molecule has 5 aromatic rings. The van der Waals surface area contributed by atoms with Crippen molar-refractivity contribution in [2.24, 2.45) is 4.99 Å². The molecule has 45 heavy (non-hydrogen) atoms. The van der Waals surface area contributed by atoms with Crippen molar-refractivity contribution in [1.29, 1.82) is 0 Å². The fraction of sp³-hybridized carbons (Fsp3) is 0.216. The lowest BCUT2D eigenvalue weighted by atomic mass is 9.91. The summed E-state index contributed by atoms with van der Waals surface area (Å²) in [6.07, 6.45) is 1.88. The number of carbonyl (C=O) groups excluding carboxylic acids is 1. The summed E-state index contributed by atoms with van der Waals surface area (Å²) in [4.78, 5) is 33.5. The molecular formula is C37H34FN3O3S. The van der Waals surface area contributed by atoms with Crippen LogP contribution < -0.4 is 14.9 Å². The predicted octanol–water partition coefficient (Wildman–Crippen LogP) is 6.61. The fourth-order valence-electron chi connectivity index (χ4n) is 5.88. The van der Waals surface area contributed by atoms with Crippen LogP contribution >= 0.6 is 11.3 Å². The summed E-state index contributed by atoms with van der Waals surface area (Å²) in [6, 6.07) is 25.2. The number of rotatable bonds is 7. The molecule has 0 N–H and O–H groups in total. The molecule has 0 saturated carbocycles. The quantitative estimate of drug-likeness (QED) is 0.193. The molecular weight excluding hydrogens is 585 g/mol. The number of fused-ring (bicyclic) bond motifs is 1. The molecule has 6 rings (SSSR count). The highest BCUT2D eigenvalue weighted by molar-refractivity contribution is 7.07. The van der Waals surface area contributed by atoms with E-state index in [1.807, 2.05) is 85.2 Å². The molecule has 0 unspecified atom stereocenters. The Morgan fingerprint density at radius 2 is 1.71 bits per heavy atom. The molecule has 6 nitrogen and oxygen atoms in total. The Balaban J connectivity index is 1.59. The molecule has 0 amide bonds. The zero-order valence-electron chi connectivity index (χ0n) is 25.9. The third-order valence-corrected chi connectivity index (χ3v) is 9.12. The minimum Gasteiger partial charge on any atom is -0.463 e. The van der Waals surface area contributed by atoms with Crippen molar-refractivity contribution in [3.8, 4) is 5.69 Å². The maximum atomic E-state index is 14.3. The van der Waals surface area contributed by atoms with Crippen molar-refractivity contribution in [3.05, 3.63) is 150 Å². The predicted molar refractivity (Wildman–Crippen MR) is 177 cm³/mol. The van der Waals surface area contributed by atoms with Gasteiger partial charge in [0, 0.05) is 22.6 Å². The average molecular weight is 620 g/mol. The second-order valence-electron chi connectivity index (χ2n) is 11.4. The van der Waals surface area contributed by atoms with E-state index in [1.54, 1.807) is 23.6 Å². The number of ether oxygens (including phenoxy) is 1. The molecule has 3 heterocycles. The van der Waals surface area contributed by atoms with Gasteiger partial charge >= 0.3 is 5.97 Å². The van der Waals surface area contributed by atoms with Crippen molar-refractivity contribution >= 4 is 29.1 Å². The van der Waals surface area contributed by atoms with Gasteiger partial charge in [0.2, 0.25) is 0 Å².